The Morgan fingerprint density at radius 1 is 1.29 bits per heavy atom. The lowest BCUT2D eigenvalue weighted by atomic mass is 10.2. The van der Waals surface area contributed by atoms with Crippen molar-refractivity contribution in [2.75, 3.05) is 31.7 Å². The molecule has 2 heterocycles. The van der Waals surface area contributed by atoms with E-state index in [9.17, 15) is 0 Å². The second-order valence-corrected chi connectivity index (χ2v) is 5.26. The normalized spacial score (nSPS) is 15.9. The smallest absolute Gasteiger partial charge is 0.224 e. The molecule has 0 saturated heterocycles. The SMILES string of the molecule is OCCOCCNc1ncc2ncn(C3CCCC3)c2n1. The van der Waals surface area contributed by atoms with Crippen LogP contribution in [0.4, 0.5) is 5.95 Å². The molecule has 0 aromatic carbocycles. The van der Waals surface area contributed by atoms with Crippen LogP contribution in [0.3, 0.4) is 0 Å². The second kappa shape index (κ2) is 6.82. The van der Waals surface area contributed by atoms with Crippen molar-refractivity contribution in [1.29, 1.82) is 0 Å². The van der Waals surface area contributed by atoms with Gasteiger partial charge in [-0.2, -0.15) is 4.98 Å². The molecule has 1 fully saturated rings. The number of imidazole rings is 1. The minimum absolute atomic E-state index is 0.0447. The molecular weight excluding hydrogens is 270 g/mol. The van der Waals surface area contributed by atoms with E-state index in [1.807, 2.05) is 6.33 Å². The van der Waals surface area contributed by atoms with Crippen LogP contribution in [0.5, 0.6) is 0 Å². The van der Waals surface area contributed by atoms with Gasteiger partial charge in [0.05, 0.1) is 32.3 Å². The van der Waals surface area contributed by atoms with Gasteiger partial charge in [-0.15, -0.1) is 0 Å². The first kappa shape index (κ1) is 14.2. The van der Waals surface area contributed by atoms with Crippen LogP contribution in [0.1, 0.15) is 31.7 Å². The van der Waals surface area contributed by atoms with Crippen LogP contribution >= 0.6 is 0 Å². The van der Waals surface area contributed by atoms with Gasteiger partial charge in [0, 0.05) is 12.6 Å². The van der Waals surface area contributed by atoms with Crippen molar-refractivity contribution in [3.63, 3.8) is 0 Å². The topological polar surface area (TPSA) is 85.1 Å². The Labute approximate surface area is 123 Å². The first-order valence-corrected chi connectivity index (χ1v) is 7.50. The Balaban J connectivity index is 1.68. The monoisotopic (exact) mass is 291 g/mol. The van der Waals surface area contributed by atoms with E-state index in [1.165, 1.54) is 25.7 Å². The maximum absolute atomic E-state index is 8.63. The number of ether oxygens (including phenoxy) is 1. The molecule has 1 aliphatic carbocycles. The summed E-state index contributed by atoms with van der Waals surface area (Å²) >= 11 is 0. The highest BCUT2D eigenvalue weighted by Crippen LogP contribution is 2.31. The van der Waals surface area contributed by atoms with Gasteiger partial charge in [-0.05, 0) is 12.8 Å². The third-order valence-corrected chi connectivity index (χ3v) is 3.80. The van der Waals surface area contributed by atoms with Gasteiger partial charge < -0.3 is 19.7 Å². The van der Waals surface area contributed by atoms with Gasteiger partial charge in [0.1, 0.15) is 5.52 Å². The van der Waals surface area contributed by atoms with E-state index >= 15 is 0 Å². The molecule has 0 radical (unpaired) electrons. The summed E-state index contributed by atoms with van der Waals surface area (Å²) in [6.07, 6.45) is 8.60. The number of anilines is 1. The van der Waals surface area contributed by atoms with Gasteiger partial charge in [0.25, 0.3) is 0 Å². The summed E-state index contributed by atoms with van der Waals surface area (Å²) in [6, 6.07) is 0.519. The molecule has 0 unspecified atom stereocenters. The van der Waals surface area contributed by atoms with E-state index in [-0.39, 0.29) is 6.61 Å². The number of aromatic nitrogens is 4. The maximum Gasteiger partial charge on any atom is 0.224 e. The molecule has 0 aliphatic heterocycles. The first-order chi connectivity index (χ1) is 10.4. The Kier molecular flexibility index (Phi) is 4.62. The second-order valence-electron chi connectivity index (χ2n) is 5.26. The van der Waals surface area contributed by atoms with Crippen LogP contribution < -0.4 is 5.32 Å². The molecule has 2 aromatic rings. The number of aliphatic hydroxyl groups excluding tert-OH is 1. The number of aliphatic hydroxyl groups is 1. The molecule has 0 spiro atoms. The minimum Gasteiger partial charge on any atom is -0.394 e. The summed E-state index contributed by atoms with van der Waals surface area (Å²) < 4.78 is 7.37. The van der Waals surface area contributed by atoms with E-state index in [2.05, 4.69) is 24.8 Å². The zero-order chi connectivity index (χ0) is 14.5. The molecule has 2 aromatic heterocycles. The average molecular weight is 291 g/mol. The van der Waals surface area contributed by atoms with Gasteiger partial charge in [0.2, 0.25) is 5.95 Å². The molecule has 1 saturated carbocycles. The van der Waals surface area contributed by atoms with Gasteiger partial charge in [-0.3, -0.25) is 0 Å². The molecule has 114 valence electrons. The highest BCUT2D eigenvalue weighted by molar-refractivity contribution is 5.71. The molecular formula is C14H21N5O2. The van der Waals surface area contributed by atoms with Crippen LogP contribution in [-0.4, -0.2) is 51.0 Å². The summed E-state index contributed by atoms with van der Waals surface area (Å²) in [5.74, 6) is 0.592. The summed E-state index contributed by atoms with van der Waals surface area (Å²) in [6.45, 7) is 1.53. The zero-order valence-electron chi connectivity index (χ0n) is 12.0. The average Bonchev–Trinajstić information content (AvgIpc) is 3.15. The van der Waals surface area contributed by atoms with Crippen molar-refractivity contribution < 1.29 is 9.84 Å². The molecule has 0 amide bonds. The lowest BCUT2D eigenvalue weighted by Gasteiger charge is -2.12. The summed E-state index contributed by atoms with van der Waals surface area (Å²) in [7, 11) is 0. The van der Waals surface area contributed by atoms with Crippen LogP contribution in [0.15, 0.2) is 12.5 Å². The van der Waals surface area contributed by atoms with Crippen LogP contribution in [0.25, 0.3) is 11.2 Å². The van der Waals surface area contributed by atoms with Gasteiger partial charge in [-0.25, -0.2) is 9.97 Å². The van der Waals surface area contributed by atoms with E-state index in [1.54, 1.807) is 6.20 Å². The number of nitrogens with one attached hydrogen (secondary N) is 1. The Bertz CT molecular complexity index is 580. The summed E-state index contributed by atoms with van der Waals surface area (Å²) in [5.41, 5.74) is 1.74. The maximum atomic E-state index is 8.63. The van der Waals surface area contributed by atoms with Gasteiger partial charge >= 0.3 is 0 Å². The molecule has 7 nitrogen and oxygen atoms in total. The lowest BCUT2D eigenvalue weighted by molar-refractivity contribution is 0.0991. The molecule has 0 bridgehead atoms. The zero-order valence-corrected chi connectivity index (χ0v) is 12.0. The van der Waals surface area contributed by atoms with Gasteiger partial charge in [0.15, 0.2) is 5.65 Å². The van der Waals surface area contributed by atoms with E-state index in [4.69, 9.17) is 9.84 Å². The molecule has 21 heavy (non-hydrogen) atoms. The molecule has 1 aliphatic rings. The van der Waals surface area contributed by atoms with Crippen LogP contribution in [-0.2, 0) is 4.74 Å². The molecule has 3 rings (SSSR count). The standard InChI is InChI=1S/C14H21N5O2/c20-6-8-21-7-5-15-14-16-9-12-13(18-14)19(10-17-12)11-3-1-2-4-11/h9-11,20H,1-8H2,(H,15,16,18). The predicted octanol–water partition coefficient (Wildman–Crippen LogP) is 1.36. The Hall–Kier alpha value is -1.73. The fraction of sp³-hybridized carbons (Fsp3) is 0.643. The third kappa shape index (κ3) is 3.30. The number of nitrogens with zero attached hydrogens (tertiary/aromatic N) is 4. The fourth-order valence-electron chi connectivity index (χ4n) is 2.76. The van der Waals surface area contributed by atoms with Crippen molar-refractivity contribution >= 4 is 17.1 Å². The highest BCUT2D eigenvalue weighted by Gasteiger charge is 2.19. The lowest BCUT2D eigenvalue weighted by Crippen LogP contribution is -2.13. The number of hydrogen-bond acceptors (Lipinski definition) is 6. The van der Waals surface area contributed by atoms with Crippen molar-refractivity contribution in [1.82, 2.24) is 19.5 Å². The Morgan fingerprint density at radius 2 is 2.14 bits per heavy atom. The fourth-order valence-corrected chi connectivity index (χ4v) is 2.76. The van der Waals surface area contributed by atoms with E-state index in [0.717, 1.165) is 11.2 Å². The van der Waals surface area contributed by atoms with Crippen molar-refractivity contribution in [3.05, 3.63) is 12.5 Å². The highest BCUT2D eigenvalue weighted by atomic mass is 16.5. The molecule has 7 heteroatoms. The van der Waals surface area contributed by atoms with Crippen molar-refractivity contribution in [3.8, 4) is 0 Å². The van der Waals surface area contributed by atoms with Crippen LogP contribution in [0.2, 0.25) is 0 Å². The largest absolute Gasteiger partial charge is 0.394 e. The van der Waals surface area contributed by atoms with Gasteiger partial charge in [-0.1, -0.05) is 12.8 Å². The minimum atomic E-state index is 0.0447. The molecule has 0 atom stereocenters. The quantitative estimate of drug-likeness (QED) is 0.749. The first-order valence-electron chi connectivity index (χ1n) is 7.50. The van der Waals surface area contributed by atoms with Crippen molar-refractivity contribution in [2.45, 2.75) is 31.7 Å². The summed E-state index contributed by atoms with van der Waals surface area (Å²) in [5, 5.41) is 11.8. The summed E-state index contributed by atoms with van der Waals surface area (Å²) in [4.78, 5) is 13.2. The number of rotatable bonds is 7. The molecule has 2 N–H and O–H groups in total. The Morgan fingerprint density at radius 3 is 2.95 bits per heavy atom. The van der Waals surface area contributed by atoms with Crippen molar-refractivity contribution in [2.24, 2.45) is 0 Å². The van der Waals surface area contributed by atoms with E-state index < -0.39 is 0 Å². The van der Waals surface area contributed by atoms with Crippen LogP contribution in [0, 0.1) is 0 Å². The number of fused-ring (bicyclic) bond motifs is 1. The van der Waals surface area contributed by atoms with E-state index in [0.29, 0.717) is 31.7 Å². The third-order valence-electron chi connectivity index (χ3n) is 3.80. The number of hydrogen-bond donors (Lipinski definition) is 2. The predicted molar refractivity (Wildman–Crippen MR) is 79.2 cm³/mol.